The van der Waals surface area contributed by atoms with E-state index in [0.29, 0.717) is 43.1 Å². The number of anilines is 3. The van der Waals surface area contributed by atoms with Gasteiger partial charge >= 0.3 is 0 Å². The number of benzene rings is 3. The number of carbonyl (C=O) groups is 2. The number of hydrogen-bond acceptors (Lipinski definition) is 9. The Labute approximate surface area is 275 Å². The summed E-state index contributed by atoms with van der Waals surface area (Å²) in [6, 6.07) is 22.4. The molecule has 0 aliphatic carbocycles. The second-order valence-electron chi connectivity index (χ2n) is 12.4. The number of aliphatic hydroxyl groups is 1. The monoisotopic (exact) mass is 644 g/mol. The molecule has 2 amide bonds. The summed E-state index contributed by atoms with van der Waals surface area (Å²) in [5.41, 5.74) is 10.4. The van der Waals surface area contributed by atoms with Crippen molar-refractivity contribution in [2.24, 2.45) is 0 Å². The van der Waals surface area contributed by atoms with Gasteiger partial charge in [-0.05, 0) is 41.8 Å². The Morgan fingerprint density at radius 1 is 0.851 bits per heavy atom. The lowest BCUT2D eigenvalue weighted by Crippen LogP contribution is -2.48. The standard InChI is InChI=1S/C36H44N4O7/c37-30-4-1-2-5-31(30)39-34(43)7-3-6-33(42)38-28-14-12-27(13-15-28)35-46-29(22-32(47-35)26-10-8-25(24-41)9-11-26)23-40-18-16-36(17-19-40)44-20-21-45-36/h1-2,4-5,8-15,29,32,35,41H,3,6-7,16-24,37H2,(H,38,42)(H,39,43). The zero-order valence-corrected chi connectivity index (χ0v) is 26.6. The van der Waals surface area contributed by atoms with Gasteiger partial charge in [0.1, 0.15) is 0 Å². The third-order valence-corrected chi connectivity index (χ3v) is 9.02. The molecule has 3 aromatic rings. The zero-order valence-electron chi connectivity index (χ0n) is 26.6. The predicted octanol–water partition coefficient (Wildman–Crippen LogP) is 4.89. The fraction of sp³-hybridized carbons (Fsp3) is 0.444. The van der Waals surface area contributed by atoms with E-state index in [0.717, 1.165) is 49.2 Å². The highest BCUT2D eigenvalue weighted by atomic mass is 16.7. The predicted molar refractivity (Wildman–Crippen MR) is 177 cm³/mol. The van der Waals surface area contributed by atoms with E-state index in [-0.39, 0.29) is 43.5 Å². The summed E-state index contributed by atoms with van der Waals surface area (Å²) >= 11 is 0. The second kappa shape index (κ2) is 15.4. The fourth-order valence-corrected chi connectivity index (χ4v) is 6.36. The maximum absolute atomic E-state index is 12.6. The minimum Gasteiger partial charge on any atom is -0.397 e. The van der Waals surface area contributed by atoms with Gasteiger partial charge in [0, 0.05) is 63.0 Å². The number of likely N-dealkylation sites (tertiary alicyclic amines) is 1. The van der Waals surface area contributed by atoms with Crippen molar-refractivity contribution in [3.8, 4) is 0 Å². The molecule has 0 saturated carbocycles. The third-order valence-electron chi connectivity index (χ3n) is 9.02. The number of amides is 2. The number of nitrogens with two attached hydrogens (primary N) is 1. The van der Waals surface area contributed by atoms with Crippen LogP contribution in [0, 0.1) is 0 Å². The molecule has 1 spiro atoms. The first-order chi connectivity index (χ1) is 22.9. The van der Waals surface area contributed by atoms with Crippen molar-refractivity contribution in [3.05, 3.63) is 89.5 Å². The van der Waals surface area contributed by atoms with Crippen LogP contribution in [0.3, 0.4) is 0 Å². The van der Waals surface area contributed by atoms with E-state index in [1.54, 1.807) is 24.3 Å². The van der Waals surface area contributed by atoms with Crippen molar-refractivity contribution in [2.75, 3.05) is 49.2 Å². The van der Waals surface area contributed by atoms with Gasteiger partial charge in [-0.1, -0.05) is 48.5 Å². The summed E-state index contributed by atoms with van der Waals surface area (Å²) in [5, 5.41) is 15.2. The molecule has 0 radical (unpaired) electrons. The van der Waals surface area contributed by atoms with Gasteiger partial charge in [0.25, 0.3) is 0 Å². The Balaban J connectivity index is 1.04. The van der Waals surface area contributed by atoms with Crippen LogP contribution in [0.2, 0.25) is 0 Å². The number of nitrogens with one attached hydrogen (secondary N) is 2. The first kappa shape index (κ1) is 33.1. The molecule has 3 aliphatic heterocycles. The first-order valence-corrected chi connectivity index (χ1v) is 16.4. The van der Waals surface area contributed by atoms with Crippen molar-refractivity contribution in [2.45, 2.75) is 69.4 Å². The van der Waals surface area contributed by atoms with Crippen LogP contribution >= 0.6 is 0 Å². The van der Waals surface area contributed by atoms with Crippen LogP contribution in [0.15, 0.2) is 72.8 Å². The van der Waals surface area contributed by atoms with E-state index in [1.165, 1.54) is 0 Å². The molecule has 3 unspecified atom stereocenters. The first-order valence-electron chi connectivity index (χ1n) is 16.4. The van der Waals surface area contributed by atoms with Crippen molar-refractivity contribution in [3.63, 3.8) is 0 Å². The summed E-state index contributed by atoms with van der Waals surface area (Å²) in [6.45, 7) is 3.84. The highest BCUT2D eigenvalue weighted by molar-refractivity contribution is 5.94. The van der Waals surface area contributed by atoms with Gasteiger partial charge in [-0.2, -0.15) is 0 Å². The van der Waals surface area contributed by atoms with Gasteiger partial charge < -0.3 is 45.3 Å². The number of rotatable bonds is 11. The quantitative estimate of drug-likeness (QED) is 0.214. The lowest BCUT2D eigenvalue weighted by atomic mass is 9.98. The van der Waals surface area contributed by atoms with Crippen LogP contribution < -0.4 is 16.4 Å². The summed E-state index contributed by atoms with van der Waals surface area (Å²) in [5.74, 6) is -0.775. The molecule has 3 atom stereocenters. The lowest BCUT2D eigenvalue weighted by molar-refractivity contribution is -0.255. The van der Waals surface area contributed by atoms with Gasteiger partial charge in [0.15, 0.2) is 12.1 Å². The van der Waals surface area contributed by atoms with Gasteiger partial charge in [0.05, 0.1) is 43.4 Å². The molecular weight excluding hydrogens is 600 g/mol. The van der Waals surface area contributed by atoms with Crippen LogP contribution in [0.5, 0.6) is 0 Å². The smallest absolute Gasteiger partial charge is 0.224 e. The molecule has 11 nitrogen and oxygen atoms in total. The highest BCUT2D eigenvalue weighted by Crippen LogP contribution is 2.39. The van der Waals surface area contributed by atoms with Gasteiger partial charge in [0.2, 0.25) is 11.8 Å². The molecule has 0 aromatic heterocycles. The van der Waals surface area contributed by atoms with Crippen LogP contribution in [0.25, 0.3) is 0 Å². The molecule has 5 N–H and O–H groups in total. The average Bonchev–Trinajstić information content (AvgIpc) is 3.55. The summed E-state index contributed by atoms with van der Waals surface area (Å²) in [7, 11) is 0. The van der Waals surface area contributed by atoms with E-state index in [2.05, 4.69) is 15.5 Å². The molecule has 0 bridgehead atoms. The molecule has 47 heavy (non-hydrogen) atoms. The minimum absolute atomic E-state index is 0.00786. The zero-order chi connectivity index (χ0) is 32.6. The van der Waals surface area contributed by atoms with Crippen molar-refractivity contribution >= 4 is 28.9 Å². The molecule has 3 fully saturated rings. The number of piperidine rings is 1. The van der Waals surface area contributed by atoms with Crippen molar-refractivity contribution in [1.29, 1.82) is 0 Å². The molecule has 3 heterocycles. The van der Waals surface area contributed by atoms with Crippen LogP contribution in [-0.4, -0.2) is 66.6 Å². The topological polar surface area (TPSA) is 145 Å². The third kappa shape index (κ3) is 8.75. The van der Waals surface area contributed by atoms with E-state index in [4.69, 9.17) is 24.7 Å². The maximum Gasteiger partial charge on any atom is 0.224 e. The van der Waals surface area contributed by atoms with Crippen molar-refractivity contribution < 1.29 is 33.6 Å². The number of hydrogen-bond donors (Lipinski definition) is 4. The summed E-state index contributed by atoms with van der Waals surface area (Å²) in [4.78, 5) is 27.3. The van der Waals surface area contributed by atoms with E-state index < -0.39 is 12.1 Å². The van der Waals surface area contributed by atoms with Crippen molar-refractivity contribution in [1.82, 2.24) is 4.90 Å². The normalized spacial score (nSPS) is 22.6. The number of nitrogen functional groups attached to an aromatic ring is 1. The highest BCUT2D eigenvalue weighted by Gasteiger charge is 2.41. The molecular formula is C36H44N4O7. The number of para-hydroxylation sites is 2. The molecule has 3 aliphatic rings. The summed E-state index contributed by atoms with van der Waals surface area (Å²) < 4.78 is 24.9. The van der Waals surface area contributed by atoms with E-state index in [1.807, 2.05) is 48.5 Å². The Kier molecular flexibility index (Phi) is 10.8. The minimum atomic E-state index is -0.587. The fourth-order valence-electron chi connectivity index (χ4n) is 6.36. The number of ether oxygens (including phenoxy) is 4. The molecule has 6 rings (SSSR count). The van der Waals surface area contributed by atoms with E-state index >= 15 is 0 Å². The Bertz CT molecular complexity index is 1480. The molecule has 11 heteroatoms. The van der Waals surface area contributed by atoms with Gasteiger partial charge in [-0.15, -0.1) is 0 Å². The lowest BCUT2D eigenvalue weighted by Gasteiger charge is -2.41. The molecule has 250 valence electrons. The summed E-state index contributed by atoms with van der Waals surface area (Å²) in [6.07, 6.45) is 2.38. The Morgan fingerprint density at radius 2 is 1.51 bits per heavy atom. The van der Waals surface area contributed by atoms with E-state index in [9.17, 15) is 14.7 Å². The van der Waals surface area contributed by atoms with Gasteiger partial charge in [-0.25, -0.2) is 0 Å². The molecule has 3 aromatic carbocycles. The number of nitrogens with zero attached hydrogens (tertiary/aromatic N) is 1. The van der Waals surface area contributed by atoms with Gasteiger partial charge in [-0.3, -0.25) is 9.59 Å². The maximum atomic E-state index is 12.6. The van der Waals surface area contributed by atoms with Crippen LogP contribution in [0.1, 0.15) is 67.6 Å². The van der Waals surface area contributed by atoms with Crippen LogP contribution in [-0.2, 0) is 35.1 Å². The Hall–Kier alpha value is -3.84. The number of aliphatic hydroxyl groups excluding tert-OH is 1. The number of carbonyl (C=O) groups excluding carboxylic acids is 2. The molecule has 3 saturated heterocycles. The van der Waals surface area contributed by atoms with Crippen LogP contribution in [0.4, 0.5) is 17.1 Å². The Morgan fingerprint density at radius 3 is 2.19 bits per heavy atom. The largest absolute Gasteiger partial charge is 0.397 e. The second-order valence-corrected chi connectivity index (χ2v) is 12.4. The SMILES string of the molecule is Nc1ccccc1NC(=O)CCCC(=O)Nc1ccc(C2OC(CN3CCC4(CC3)OCCO4)CC(c3ccc(CO)cc3)O2)cc1. The average molecular weight is 645 g/mol.